The molecule has 0 atom stereocenters. The third-order valence-corrected chi connectivity index (χ3v) is 4.08. The van der Waals surface area contributed by atoms with E-state index in [9.17, 15) is 18.0 Å². The van der Waals surface area contributed by atoms with Crippen molar-refractivity contribution in [3.63, 3.8) is 0 Å². The van der Waals surface area contributed by atoms with Gasteiger partial charge in [-0.15, -0.1) is 0 Å². The minimum atomic E-state index is -4.69. The number of nitrogens with zero attached hydrogens (tertiary/aromatic N) is 2. The summed E-state index contributed by atoms with van der Waals surface area (Å²) in [5.74, 6) is -0.762. The van der Waals surface area contributed by atoms with E-state index < -0.39 is 29.9 Å². The summed E-state index contributed by atoms with van der Waals surface area (Å²) in [7, 11) is 0. The number of amides is 1. The van der Waals surface area contributed by atoms with Gasteiger partial charge < -0.3 is 10.1 Å². The van der Waals surface area contributed by atoms with Crippen molar-refractivity contribution in [1.82, 2.24) is 10.1 Å². The number of ether oxygens (including phenoxy) is 1. The fraction of sp³-hybridized carbons (Fsp3) is 0.118. The lowest BCUT2D eigenvalue weighted by atomic mass is 10.1. The van der Waals surface area contributed by atoms with Gasteiger partial charge in [0.15, 0.2) is 6.61 Å². The first kappa shape index (κ1) is 20.0. The standard InChI is InChI=1S/C17H10Cl2F3N3O3/c18-11-6-2-1-4-9(11)15-24-16(28-25-15)27-8-13(26)23-14-10(17(20,21)22)5-3-7-12(14)19/h1-7H,8H2,(H,23,26). The first-order chi connectivity index (χ1) is 13.3. The number of aromatic nitrogens is 2. The molecular formula is C17H10Cl2F3N3O3. The highest BCUT2D eigenvalue weighted by Gasteiger charge is 2.34. The Morgan fingerprint density at radius 2 is 1.82 bits per heavy atom. The summed E-state index contributed by atoms with van der Waals surface area (Å²) in [6.45, 7) is -0.674. The number of carbonyl (C=O) groups is 1. The molecule has 0 aliphatic heterocycles. The maximum Gasteiger partial charge on any atom is 0.418 e. The van der Waals surface area contributed by atoms with Crippen LogP contribution in [-0.2, 0) is 11.0 Å². The van der Waals surface area contributed by atoms with Crippen molar-refractivity contribution in [2.45, 2.75) is 6.18 Å². The van der Waals surface area contributed by atoms with Crippen LogP contribution in [0.4, 0.5) is 18.9 Å². The van der Waals surface area contributed by atoms with Crippen molar-refractivity contribution < 1.29 is 27.2 Å². The Kier molecular flexibility index (Phi) is 5.76. The van der Waals surface area contributed by atoms with Crippen molar-refractivity contribution in [1.29, 1.82) is 0 Å². The summed E-state index contributed by atoms with van der Waals surface area (Å²) < 4.78 is 49.0. The number of anilines is 1. The summed E-state index contributed by atoms with van der Waals surface area (Å²) in [5.41, 5.74) is -1.15. The van der Waals surface area contributed by atoms with Gasteiger partial charge in [-0.05, 0) is 24.3 Å². The van der Waals surface area contributed by atoms with Crippen molar-refractivity contribution in [2.75, 3.05) is 11.9 Å². The number of hydrogen-bond acceptors (Lipinski definition) is 5. The van der Waals surface area contributed by atoms with Crippen LogP contribution in [0.2, 0.25) is 10.0 Å². The summed E-state index contributed by atoms with van der Waals surface area (Å²) in [4.78, 5) is 15.9. The average molecular weight is 432 g/mol. The van der Waals surface area contributed by atoms with Crippen LogP contribution in [0.1, 0.15) is 5.56 Å². The second-order valence-electron chi connectivity index (χ2n) is 5.36. The highest BCUT2D eigenvalue weighted by Crippen LogP contribution is 2.38. The Morgan fingerprint density at radius 1 is 1.11 bits per heavy atom. The van der Waals surface area contributed by atoms with Gasteiger partial charge in [-0.1, -0.05) is 46.6 Å². The van der Waals surface area contributed by atoms with E-state index in [1.165, 1.54) is 6.07 Å². The van der Waals surface area contributed by atoms with Crippen LogP contribution in [0.5, 0.6) is 6.08 Å². The molecule has 0 aliphatic rings. The highest BCUT2D eigenvalue weighted by atomic mass is 35.5. The largest absolute Gasteiger partial charge is 0.439 e. The number of nitrogens with one attached hydrogen (secondary N) is 1. The molecule has 0 radical (unpaired) electrons. The lowest BCUT2D eigenvalue weighted by Gasteiger charge is -2.14. The smallest absolute Gasteiger partial charge is 0.418 e. The highest BCUT2D eigenvalue weighted by molar-refractivity contribution is 6.34. The molecular weight excluding hydrogens is 422 g/mol. The van der Waals surface area contributed by atoms with E-state index in [-0.39, 0.29) is 16.9 Å². The van der Waals surface area contributed by atoms with Gasteiger partial charge in [0.25, 0.3) is 5.91 Å². The molecule has 1 N–H and O–H groups in total. The number of carbonyl (C=O) groups excluding carboxylic acids is 1. The van der Waals surface area contributed by atoms with E-state index in [2.05, 4.69) is 15.5 Å². The summed E-state index contributed by atoms with van der Waals surface area (Å²) in [6.07, 6.45) is -5.04. The van der Waals surface area contributed by atoms with E-state index in [0.29, 0.717) is 10.6 Å². The Morgan fingerprint density at radius 3 is 2.54 bits per heavy atom. The summed E-state index contributed by atoms with van der Waals surface area (Å²) in [6, 6.07) is 9.87. The molecule has 0 saturated heterocycles. The lowest BCUT2D eigenvalue weighted by Crippen LogP contribution is -2.22. The zero-order valence-corrected chi connectivity index (χ0v) is 15.3. The zero-order valence-electron chi connectivity index (χ0n) is 13.8. The van der Waals surface area contributed by atoms with Crippen molar-refractivity contribution >= 4 is 34.8 Å². The number of benzene rings is 2. The molecule has 3 rings (SSSR count). The minimum absolute atomic E-state index is 0.131. The van der Waals surface area contributed by atoms with E-state index in [4.69, 9.17) is 32.5 Å². The first-order valence-corrected chi connectivity index (χ1v) is 8.38. The predicted molar refractivity (Wildman–Crippen MR) is 95.3 cm³/mol. The second-order valence-corrected chi connectivity index (χ2v) is 6.18. The maximum atomic E-state index is 13.0. The van der Waals surface area contributed by atoms with Crippen LogP contribution >= 0.6 is 23.2 Å². The molecule has 11 heteroatoms. The minimum Gasteiger partial charge on any atom is -0.439 e. The fourth-order valence-electron chi connectivity index (χ4n) is 2.21. The summed E-state index contributed by atoms with van der Waals surface area (Å²) in [5, 5.41) is 5.87. The van der Waals surface area contributed by atoms with Gasteiger partial charge >= 0.3 is 12.3 Å². The predicted octanol–water partition coefficient (Wildman–Crippen LogP) is 5.08. The van der Waals surface area contributed by atoms with Crippen LogP contribution in [0.3, 0.4) is 0 Å². The normalized spacial score (nSPS) is 11.3. The SMILES string of the molecule is O=C(COc1nc(-c2ccccc2Cl)no1)Nc1c(Cl)cccc1C(F)(F)F. The van der Waals surface area contributed by atoms with Crippen LogP contribution in [-0.4, -0.2) is 22.7 Å². The number of hydrogen-bond donors (Lipinski definition) is 1. The zero-order chi connectivity index (χ0) is 20.3. The molecule has 2 aromatic carbocycles. The van der Waals surface area contributed by atoms with Crippen molar-refractivity contribution in [3.05, 3.63) is 58.1 Å². The Labute approximate surface area is 166 Å². The van der Waals surface area contributed by atoms with Crippen LogP contribution in [0, 0.1) is 0 Å². The van der Waals surface area contributed by atoms with Gasteiger partial charge in [0.1, 0.15) is 0 Å². The second kappa shape index (κ2) is 8.07. The molecule has 28 heavy (non-hydrogen) atoms. The molecule has 0 spiro atoms. The van der Waals surface area contributed by atoms with E-state index in [1.54, 1.807) is 24.3 Å². The molecule has 0 aliphatic carbocycles. The van der Waals surface area contributed by atoms with Crippen LogP contribution in [0.15, 0.2) is 47.0 Å². The van der Waals surface area contributed by atoms with Crippen molar-refractivity contribution in [2.24, 2.45) is 0 Å². The third kappa shape index (κ3) is 4.55. The molecule has 3 aromatic rings. The molecule has 0 saturated carbocycles. The van der Waals surface area contributed by atoms with Crippen LogP contribution < -0.4 is 10.1 Å². The molecule has 146 valence electrons. The molecule has 1 aromatic heterocycles. The maximum absolute atomic E-state index is 13.0. The summed E-state index contributed by atoms with van der Waals surface area (Å²) >= 11 is 11.8. The Hall–Kier alpha value is -2.78. The molecule has 6 nitrogen and oxygen atoms in total. The van der Waals surface area contributed by atoms with Gasteiger partial charge in [-0.2, -0.15) is 18.2 Å². The van der Waals surface area contributed by atoms with Gasteiger partial charge in [-0.3, -0.25) is 9.32 Å². The van der Waals surface area contributed by atoms with E-state index in [0.717, 1.165) is 12.1 Å². The van der Waals surface area contributed by atoms with Gasteiger partial charge in [-0.25, -0.2) is 0 Å². The Balaban J connectivity index is 1.67. The number of halogens is 5. The molecule has 1 amide bonds. The van der Waals surface area contributed by atoms with Gasteiger partial charge in [0, 0.05) is 5.56 Å². The van der Waals surface area contributed by atoms with Crippen molar-refractivity contribution in [3.8, 4) is 17.5 Å². The number of alkyl halides is 3. The van der Waals surface area contributed by atoms with Gasteiger partial charge in [0.05, 0.1) is 21.3 Å². The monoisotopic (exact) mass is 431 g/mol. The van der Waals surface area contributed by atoms with E-state index in [1.807, 2.05) is 0 Å². The molecule has 0 unspecified atom stereocenters. The first-order valence-electron chi connectivity index (χ1n) is 7.62. The third-order valence-electron chi connectivity index (χ3n) is 3.43. The quantitative estimate of drug-likeness (QED) is 0.609. The van der Waals surface area contributed by atoms with Gasteiger partial charge in [0.2, 0.25) is 5.82 Å². The topological polar surface area (TPSA) is 77.2 Å². The average Bonchev–Trinajstić information content (AvgIpc) is 3.10. The lowest BCUT2D eigenvalue weighted by molar-refractivity contribution is -0.137. The molecule has 1 heterocycles. The molecule has 0 bridgehead atoms. The van der Waals surface area contributed by atoms with Crippen LogP contribution in [0.25, 0.3) is 11.4 Å². The number of rotatable bonds is 5. The molecule has 0 fully saturated rings. The fourth-order valence-corrected chi connectivity index (χ4v) is 2.65. The number of para-hydroxylation sites is 1. The van der Waals surface area contributed by atoms with E-state index >= 15 is 0 Å². The Bertz CT molecular complexity index is 1010.